The minimum Gasteiger partial charge on any atom is -0.395 e. The van der Waals surface area contributed by atoms with E-state index in [9.17, 15) is 10.2 Å². The first kappa shape index (κ1) is 26.2. The quantitative estimate of drug-likeness (QED) is 0.343. The van der Waals surface area contributed by atoms with E-state index in [1.165, 1.54) is 11.1 Å². The Kier molecular flexibility index (Phi) is 8.87. The van der Waals surface area contributed by atoms with Crippen LogP contribution in [0.4, 0.5) is 0 Å². The van der Waals surface area contributed by atoms with Crippen molar-refractivity contribution in [2.45, 2.75) is 43.9 Å². The van der Waals surface area contributed by atoms with Gasteiger partial charge in [0.15, 0.2) is 0 Å². The number of aryl methyl sites for hydroxylation is 1. The molecule has 35 heavy (non-hydrogen) atoms. The molecule has 0 aliphatic carbocycles. The van der Waals surface area contributed by atoms with Crippen molar-refractivity contribution < 1.29 is 10.2 Å². The highest BCUT2D eigenvalue weighted by molar-refractivity contribution is 6.42. The molecule has 4 rings (SSSR count). The molecule has 1 heterocycles. The third kappa shape index (κ3) is 6.26. The lowest BCUT2D eigenvalue weighted by Gasteiger charge is -2.44. The number of β-amino-alcohol motifs (C(OH)–C–C–N with tert-alkyl or cyclic N) is 1. The molecule has 3 unspecified atom stereocenters. The van der Waals surface area contributed by atoms with E-state index in [0.717, 1.165) is 30.6 Å². The second kappa shape index (κ2) is 11.9. The minimum absolute atomic E-state index is 0.0335. The number of rotatable bonds is 9. The fraction of sp³-hybridized carbons (Fsp3) is 0.379. The Hall–Kier alpha value is -1.92. The van der Waals surface area contributed by atoms with Crippen molar-refractivity contribution >= 4 is 23.2 Å². The van der Waals surface area contributed by atoms with E-state index in [1.54, 1.807) is 0 Å². The van der Waals surface area contributed by atoms with Gasteiger partial charge in [-0.1, -0.05) is 83.9 Å². The van der Waals surface area contributed by atoms with Gasteiger partial charge in [0.25, 0.3) is 0 Å². The molecule has 6 heteroatoms. The lowest BCUT2D eigenvalue weighted by Crippen LogP contribution is -2.50. The van der Waals surface area contributed by atoms with E-state index >= 15 is 0 Å². The number of benzene rings is 3. The molecule has 1 saturated heterocycles. The summed E-state index contributed by atoms with van der Waals surface area (Å²) in [6.07, 6.45) is 2.15. The molecule has 0 aromatic heterocycles. The molecule has 0 radical (unpaired) electrons. The van der Waals surface area contributed by atoms with Gasteiger partial charge >= 0.3 is 0 Å². The Morgan fingerprint density at radius 1 is 1.03 bits per heavy atom. The molecule has 3 N–H and O–H groups in total. The predicted octanol–water partition coefficient (Wildman–Crippen LogP) is 5.72. The van der Waals surface area contributed by atoms with E-state index in [2.05, 4.69) is 35.3 Å². The van der Waals surface area contributed by atoms with Gasteiger partial charge in [0.1, 0.15) is 0 Å². The molecule has 1 aliphatic rings. The third-order valence-electron chi connectivity index (χ3n) is 7.20. The summed E-state index contributed by atoms with van der Waals surface area (Å²) in [5, 5.41) is 26.0. The predicted molar refractivity (Wildman–Crippen MR) is 144 cm³/mol. The van der Waals surface area contributed by atoms with Crippen LogP contribution in [0.15, 0.2) is 72.8 Å². The standard InChI is InChI=1S/C29H34Cl2N2O2/c1-21-7-5-6-10-25(21)28(22-11-12-26(30)27(31)19-22)32-15-13-24-20-29(35,14-16-33(24)17-18-34)23-8-3-2-4-9-23/h2-12,19,24,28,32,34-35H,13-18,20H2,1H3. The second-order valence-corrected chi connectivity index (χ2v) is 10.3. The summed E-state index contributed by atoms with van der Waals surface area (Å²) < 4.78 is 0. The molecule has 3 aromatic carbocycles. The first-order chi connectivity index (χ1) is 16.9. The zero-order chi connectivity index (χ0) is 24.8. The number of nitrogens with one attached hydrogen (secondary N) is 1. The fourth-order valence-corrected chi connectivity index (χ4v) is 5.56. The minimum atomic E-state index is -0.850. The van der Waals surface area contributed by atoms with Crippen molar-refractivity contribution in [3.63, 3.8) is 0 Å². The number of hydrogen-bond acceptors (Lipinski definition) is 4. The summed E-state index contributed by atoms with van der Waals surface area (Å²) in [4.78, 5) is 2.31. The maximum absolute atomic E-state index is 11.5. The molecule has 0 bridgehead atoms. The second-order valence-electron chi connectivity index (χ2n) is 9.47. The number of hydrogen-bond donors (Lipinski definition) is 3. The Balaban J connectivity index is 1.52. The highest BCUT2D eigenvalue weighted by atomic mass is 35.5. The molecular formula is C29H34Cl2N2O2. The number of halogens is 2. The molecule has 3 atom stereocenters. The van der Waals surface area contributed by atoms with Crippen molar-refractivity contribution in [1.82, 2.24) is 10.2 Å². The van der Waals surface area contributed by atoms with Crippen LogP contribution in [0.1, 0.15) is 47.6 Å². The van der Waals surface area contributed by atoms with E-state index in [1.807, 2.05) is 54.6 Å². The van der Waals surface area contributed by atoms with Gasteiger partial charge in [0, 0.05) is 19.1 Å². The highest BCUT2D eigenvalue weighted by Gasteiger charge is 2.39. The number of aliphatic hydroxyl groups is 2. The SMILES string of the molecule is Cc1ccccc1C(NCCC1CC(O)(c2ccccc2)CCN1CCO)c1ccc(Cl)c(Cl)c1. The zero-order valence-electron chi connectivity index (χ0n) is 20.1. The van der Waals surface area contributed by atoms with Crippen molar-refractivity contribution in [2.75, 3.05) is 26.2 Å². The summed E-state index contributed by atoms with van der Waals surface area (Å²) in [5.74, 6) is 0. The van der Waals surface area contributed by atoms with Crippen LogP contribution in [-0.2, 0) is 5.60 Å². The number of piperidine rings is 1. The van der Waals surface area contributed by atoms with E-state index in [0.29, 0.717) is 29.4 Å². The Morgan fingerprint density at radius 2 is 1.77 bits per heavy atom. The largest absolute Gasteiger partial charge is 0.395 e. The molecule has 3 aromatic rings. The van der Waals surface area contributed by atoms with Gasteiger partial charge in [-0.25, -0.2) is 0 Å². The maximum Gasteiger partial charge on any atom is 0.0923 e. The van der Waals surface area contributed by atoms with Crippen LogP contribution in [0.5, 0.6) is 0 Å². The third-order valence-corrected chi connectivity index (χ3v) is 7.94. The molecule has 0 amide bonds. The van der Waals surface area contributed by atoms with Crippen LogP contribution in [0.3, 0.4) is 0 Å². The van der Waals surface area contributed by atoms with Gasteiger partial charge in [0.05, 0.1) is 28.3 Å². The van der Waals surface area contributed by atoms with Gasteiger partial charge in [-0.2, -0.15) is 0 Å². The molecule has 1 aliphatic heterocycles. The summed E-state index contributed by atoms with van der Waals surface area (Å²) in [6.45, 7) is 4.35. The topological polar surface area (TPSA) is 55.7 Å². The van der Waals surface area contributed by atoms with Crippen LogP contribution in [0.25, 0.3) is 0 Å². The van der Waals surface area contributed by atoms with Crippen LogP contribution < -0.4 is 5.32 Å². The summed E-state index contributed by atoms with van der Waals surface area (Å²) in [6, 6.07) is 24.2. The van der Waals surface area contributed by atoms with Gasteiger partial charge in [-0.15, -0.1) is 0 Å². The Labute approximate surface area is 218 Å². The van der Waals surface area contributed by atoms with Crippen molar-refractivity contribution in [2.24, 2.45) is 0 Å². The van der Waals surface area contributed by atoms with Gasteiger partial charge in [-0.3, -0.25) is 4.90 Å². The van der Waals surface area contributed by atoms with E-state index < -0.39 is 5.60 Å². The maximum atomic E-state index is 11.5. The first-order valence-corrected chi connectivity index (χ1v) is 13.0. The van der Waals surface area contributed by atoms with Crippen LogP contribution in [0.2, 0.25) is 10.0 Å². The van der Waals surface area contributed by atoms with Crippen LogP contribution in [0, 0.1) is 6.92 Å². The lowest BCUT2D eigenvalue weighted by molar-refractivity contribution is -0.0565. The number of aliphatic hydroxyl groups excluding tert-OH is 1. The number of nitrogens with zero attached hydrogens (tertiary/aromatic N) is 1. The van der Waals surface area contributed by atoms with Crippen molar-refractivity contribution in [3.8, 4) is 0 Å². The fourth-order valence-electron chi connectivity index (χ4n) is 5.25. The first-order valence-electron chi connectivity index (χ1n) is 12.3. The molecule has 1 fully saturated rings. The Morgan fingerprint density at radius 3 is 2.49 bits per heavy atom. The summed E-state index contributed by atoms with van der Waals surface area (Å²) in [5.41, 5.74) is 3.58. The van der Waals surface area contributed by atoms with Crippen LogP contribution in [-0.4, -0.2) is 47.4 Å². The summed E-state index contributed by atoms with van der Waals surface area (Å²) >= 11 is 12.6. The average Bonchev–Trinajstić information content (AvgIpc) is 2.87. The Bertz CT molecular complexity index is 1110. The average molecular weight is 514 g/mol. The normalized spacial score (nSPS) is 21.7. The molecule has 0 spiro atoms. The van der Waals surface area contributed by atoms with Crippen molar-refractivity contribution in [3.05, 3.63) is 105 Å². The highest BCUT2D eigenvalue weighted by Crippen LogP contribution is 2.37. The summed E-state index contributed by atoms with van der Waals surface area (Å²) in [7, 11) is 0. The zero-order valence-corrected chi connectivity index (χ0v) is 21.6. The van der Waals surface area contributed by atoms with Crippen molar-refractivity contribution in [1.29, 1.82) is 0 Å². The molecular weight excluding hydrogens is 479 g/mol. The lowest BCUT2D eigenvalue weighted by atomic mass is 9.80. The molecule has 4 nitrogen and oxygen atoms in total. The van der Waals surface area contributed by atoms with Gasteiger partial charge in [-0.05, 0) is 67.1 Å². The molecule has 0 saturated carbocycles. The van der Waals surface area contributed by atoms with Gasteiger partial charge < -0.3 is 15.5 Å². The monoisotopic (exact) mass is 512 g/mol. The van der Waals surface area contributed by atoms with E-state index in [-0.39, 0.29) is 18.7 Å². The molecule has 186 valence electrons. The smallest absolute Gasteiger partial charge is 0.0923 e. The number of likely N-dealkylation sites (tertiary alicyclic amines) is 1. The van der Waals surface area contributed by atoms with E-state index in [4.69, 9.17) is 23.2 Å². The van der Waals surface area contributed by atoms with Crippen LogP contribution >= 0.6 is 23.2 Å². The van der Waals surface area contributed by atoms with Gasteiger partial charge in [0.2, 0.25) is 0 Å².